The van der Waals surface area contributed by atoms with Crippen LogP contribution in [0.5, 0.6) is 11.5 Å². The van der Waals surface area contributed by atoms with Crippen molar-refractivity contribution in [2.75, 3.05) is 24.5 Å². The van der Waals surface area contributed by atoms with Gasteiger partial charge in [-0.05, 0) is 54.8 Å². The molecule has 2 fully saturated rings. The number of nitrogens with one attached hydrogen (secondary N) is 1. The van der Waals surface area contributed by atoms with E-state index in [0.717, 1.165) is 64.1 Å². The average molecular weight is 685 g/mol. The summed E-state index contributed by atoms with van der Waals surface area (Å²) in [6.07, 6.45) is -1.12. The Balaban J connectivity index is 1.23. The molecule has 0 spiro atoms. The molecule has 1 atom stereocenters. The second-order valence-corrected chi connectivity index (χ2v) is 13.4. The number of sulfonamides is 1. The summed E-state index contributed by atoms with van der Waals surface area (Å²) in [7, 11) is -4.31. The molecule has 1 N–H and O–H groups in total. The van der Waals surface area contributed by atoms with Gasteiger partial charge < -0.3 is 19.7 Å². The zero-order chi connectivity index (χ0) is 32.6. The molecule has 11 nitrogen and oxygen atoms in total. The number of hydrogen-bond acceptors (Lipinski definition) is 10. The number of hydrogen-bond donors (Lipinski definition) is 1. The van der Waals surface area contributed by atoms with Crippen molar-refractivity contribution < 1.29 is 44.6 Å². The number of thiazole rings is 1. The minimum absolute atomic E-state index is 0.0846. The topological polar surface area (TPSA) is 127 Å². The number of carbonyl (C=O) groups is 1. The Kier molecular flexibility index (Phi) is 8.68. The van der Waals surface area contributed by atoms with Gasteiger partial charge in [0, 0.05) is 32.1 Å². The molecule has 3 heterocycles. The maximum absolute atomic E-state index is 13.8. The van der Waals surface area contributed by atoms with Gasteiger partial charge in [-0.15, -0.1) is 13.2 Å². The van der Waals surface area contributed by atoms with Crippen LogP contribution in [-0.4, -0.2) is 72.2 Å². The van der Waals surface area contributed by atoms with Gasteiger partial charge in [-0.1, -0.05) is 23.5 Å². The number of piperazine rings is 1. The lowest BCUT2D eigenvalue weighted by Gasteiger charge is -2.39. The van der Waals surface area contributed by atoms with Crippen molar-refractivity contribution >= 4 is 42.7 Å². The number of fused-ring (bicyclic) bond motifs is 1. The normalized spacial score (nSPS) is 17.8. The third-order valence-corrected chi connectivity index (χ3v) is 10.2. The Morgan fingerprint density at radius 2 is 1.72 bits per heavy atom. The third kappa shape index (κ3) is 7.28. The fraction of sp³-hybridized carbons (Fsp3) is 0.357. The highest BCUT2D eigenvalue weighted by Crippen LogP contribution is 2.39. The van der Waals surface area contributed by atoms with Crippen molar-refractivity contribution in [3.05, 3.63) is 66.1 Å². The molecule has 18 heteroatoms. The molecule has 1 amide bonds. The van der Waals surface area contributed by atoms with Crippen molar-refractivity contribution in [3.63, 3.8) is 0 Å². The maximum Gasteiger partial charge on any atom is 0.573 e. The van der Waals surface area contributed by atoms with E-state index in [1.165, 1.54) is 23.5 Å². The SMILES string of the molecule is O=C(NCc1ccc(OC(F)(F)F)cc1)[C@H]1CN(c2nc3nc(C4CC4)ncc3s2)CCN1S(=O)(=O)c1ccc(OC(F)F)cc1. The van der Waals surface area contributed by atoms with E-state index in [2.05, 4.69) is 29.7 Å². The van der Waals surface area contributed by atoms with Crippen LogP contribution in [0.25, 0.3) is 10.3 Å². The molecule has 1 aliphatic carbocycles. The Bertz CT molecular complexity index is 1820. The molecular formula is C28H25F5N6O5S2. The van der Waals surface area contributed by atoms with Crippen LogP contribution in [0, 0.1) is 0 Å². The number of benzene rings is 2. The number of aromatic nitrogens is 3. The fourth-order valence-corrected chi connectivity index (χ4v) is 7.38. The van der Waals surface area contributed by atoms with Crippen LogP contribution in [0.2, 0.25) is 0 Å². The Morgan fingerprint density at radius 3 is 2.37 bits per heavy atom. The van der Waals surface area contributed by atoms with Crippen molar-refractivity contribution in [1.82, 2.24) is 24.6 Å². The van der Waals surface area contributed by atoms with E-state index in [1.807, 2.05) is 0 Å². The van der Waals surface area contributed by atoms with Gasteiger partial charge in [-0.3, -0.25) is 4.79 Å². The summed E-state index contributed by atoms with van der Waals surface area (Å²) in [6, 6.07) is 8.02. The molecule has 2 aromatic heterocycles. The summed E-state index contributed by atoms with van der Waals surface area (Å²) < 4.78 is 100. The van der Waals surface area contributed by atoms with Gasteiger partial charge in [0.1, 0.15) is 23.4 Å². The monoisotopic (exact) mass is 684 g/mol. The van der Waals surface area contributed by atoms with Gasteiger partial charge in [0.05, 0.1) is 15.8 Å². The maximum atomic E-state index is 13.8. The summed E-state index contributed by atoms with van der Waals surface area (Å²) in [5.74, 6) is -0.291. The molecule has 0 bridgehead atoms. The largest absolute Gasteiger partial charge is 0.573 e. The lowest BCUT2D eigenvalue weighted by atomic mass is 10.1. The fourth-order valence-electron chi connectivity index (χ4n) is 4.90. The highest BCUT2D eigenvalue weighted by molar-refractivity contribution is 7.89. The smallest absolute Gasteiger partial charge is 0.435 e. The van der Waals surface area contributed by atoms with Gasteiger partial charge >= 0.3 is 13.0 Å². The number of alkyl halides is 5. The Hall–Kier alpha value is -4.16. The molecular weight excluding hydrogens is 659 g/mol. The van der Waals surface area contributed by atoms with E-state index in [9.17, 15) is 35.2 Å². The lowest BCUT2D eigenvalue weighted by molar-refractivity contribution is -0.274. The van der Waals surface area contributed by atoms with Crippen molar-refractivity contribution in [2.24, 2.45) is 0 Å². The number of carbonyl (C=O) groups excluding carboxylic acids is 1. The van der Waals surface area contributed by atoms with Crippen molar-refractivity contribution in [1.29, 1.82) is 0 Å². The van der Waals surface area contributed by atoms with E-state index in [0.29, 0.717) is 22.3 Å². The summed E-state index contributed by atoms with van der Waals surface area (Å²) in [6.45, 7) is -3.23. The first-order valence-corrected chi connectivity index (χ1v) is 16.2. The predicted octanol–water partition coefficient (Wildman–Crippen LogP) is 4.66. The van der Waals surface area contributed by atoms with E-state index in [-0.39, 0.29) is 36.8 Å². The number of anilines is 1. The third-order valence-electron chi connectivity index (χ3n) is 7.28. The predicted molar refractivity (Wildman–Crippen MR) is 155 cm³/mol. The molecule has 0 radical (unpaired) electrons. The van der Waals surface area contributed by atoms with Gasteiger partial charge in [0.25, 0.3) is 0 Å². The first-order chi connectivity index (χ1) is 21.9. The molecule has 2 aliphatic rings. The molecule has 0 unspecified atom stereocenters. The van der Waals surface area contributed by atoms with Gasteiger partial charge in [-0.25, -0.2) is 18.4 Å². The molecule has 4 aromatic rings. The summed E-state index contributed by atoms with van der Waals surface area (Å²) >= 11 is 1.31. The number of amides is 1. The summed E-state index contributed by atoms with van der Waals surface area (Å²) in [4.78, 5) is 28.8. The van der Waals surface area contributed by atoms with Crippen LogP contribution in [-0.2, 0) is 21.4 Å². The summed E-state index contributed by atoms with van der Waals surface area (Å²) in [5.41, 5.74) is 0.952. The summed E-state index contributed by atoms with van der Waals surface area (Å²) in [5, 5.41) is 3.20. The average Bonchev–Trinajstić information content (AvgIpc) is 3.77. The zero-order valence-electron chi connectivity index (χ0n) is 23.7. The number of halogens is 5. The first kappa shape index (κ1) is 31.8. The molecule has 46 heavy (non-hydrogen) atoms. The van der Waals surface area contributed by atoms with Crippen LogP contribution in [0.1, 0.15) is 30.1 Å². The number of rotatable bonds is 10. The van der Waals surface area contributed by atoms with Crippen LogP contribution >= 0.6 is 11.3 Å². The molecule has 2 aromatic carbocycles. The second kappa shape index (κ2) is 12.6. The van der Waals surface area contributed by atoms with E-state index in [4.69, 9.17) is 0 Å². The van der Waals surface area contributed by atoms with Gasteiger partial charge in [0.2, 0.25) is 15.9 Å². The number of ether oxygens (including phenoxy) is 2. The molecule has 1 saturated carbocycles. The highest BCUT2D eigenvalue weighted by Gasteiger charge is 2.41. The van der Waals surface area contributed by atoms with Crippen LogP contribution < -0.4 is 19.7 Å². The van der Waals surface area contributed by atoms with E-state index in [1.54, 1.807) is 11.1 Å². The first-order valence-electron chi connectivity index (χ1n) is 13.9. The van der Waals surface area contributed by atoms with Crippen LogP contribution in [0.4, 0.5) is 27.1 Å². The van der Waals surface area contributed by atoms with E-state index >= 15 is 0 Å². The standard InChI is InChI=1S/C28H25F5N6O5S2/c29-26(30)43-18-7-9-20(10-8-18)46(41,42)39-12-11-38(27-37-24-22(45-27)14-34-23(36-24)17-3-4-17)15-21(39)25(40)35-13-16-1-5-19(6-2-16)44-28(31,32)33/h1-2,5-10,14,17,21,26H,3-4,11-13,15H2,(H,35,40)/t21-/m1/s1. The second-order valence-electron chi connectivity index (χ2n) is 10.5. The van der Waals surface area contributed by atoms with Crippen LogP contribution in [0.15, 0.2) is 59.6 Å². The zero-order valence-corrected chi connectivity index (χ0v) is 25.3. The van der Waals surface area contributed by atoms with Crippen molar-refractivity contribution in [3.8, 4) is 11.5 Å². The van der Waals surface area contributed by atoms with Crippen molar-refractivity contribution in [2.45, 2.75) is 49.2 Å². The minimum atomic E-state index is -4.86. The van der Waals surface area contributed by atoms with Gasteiger partial charge in [0.15, 0.2) is 10.8 Å². The highest BCUT2D eigenvalue weighted by atomic mass is 32.2. The Labute approximate surface area is 263 Å². The molecule has 244 valence electrons. The van der Waals surface area contributed by atoms with Crippen LogP contribution in [0.3, 0.4) is 0 Å². The lowest BCUT2D eigenvalue weighted by Crippen LogP contribution is -2.60. The molecule has 1 saturated heterocycles. The molecule has 6 rings (SSSR count). The van der Waals surface area contributed by atoms with E-state index < -0.39 is 40.7 Å². The van der Waals surface area contributed by atoms with Gasteiger partial charge in [-0.2, -0.15) is 18.1 Å². The number of nitrogens with zero attached hydrogens (tertiary/aromatic N) is 5. The minimum Gasteiger partial charge on any atom is -0.435 e. The quantitative estimate of drug-likeness (QED) is 0.238. The molecule has 1 aliphatic heterocycles. The Morgan fingerprint density at radius 1 is 1.02 bits per heavy atom.